The maximum absolute atomic E-state index is 11.5. The van der Waals surface area contributed by atoms with Gasteiger partial charge in [-0.05, 0) is 72.6 Å². The number of hydrogen-bond acceptors (Lipinski definition) is 4. The van der Waals surface area contributed by atoms with Crippen LogP contribution in [0, 0.1) is 22.7 Å². The van der Waals surface area contributed by atoms with Crippen LogP contribution in [-0.4, -0.2) is 35.0 Å². The molecule has 5 nitrogen and oxygen atoms in total. The molecule has 6 rings (SSSR count). The first kappa shape index (κ1) is 16.4. The number of carbonyl (C=O) groups is 1. The van der Waals surface area contributed by atoms with Crippen molar-refractivity contribution in [3.8, 4) is 5.75 Å². The van der Waals surface area contributed by atoms with E-state index in [-0.39, 0.29) is 28.8 Å². The third kappa shape index (κ3) is 1.50. The van der Waals surface area contributed by atoms with Gasteiger partial charge in [0, 0.05) is 11.8 Å². The summed E-state index contributed by atoms with van der Waals surface area (Å²) >= 11 is 0. The van der Waals surface area contributed by atoms with Gasteiger partial charge in [0.15, 0.2) is 0 Å². The van der Waals surface area contributed by atoms with E-state index in [9.17, 15) is 15.0 Å². The second-order valence-corrected chi connectivity index (χ2v) is 9.73. The Labute approximate surface area is 158 Å². The molecule has 27 heavy (non-hydrogen) atoms. The molecule has 5 aliphatic rings. The first-order valence-electron chi connectivity index (χ1n) is 10.1. The number of epoxide rings is 1. The third-order valence-electron chi connectivity index (χ3n) is 9.18. The van der Waals surface area contributed by atoms with Crippen LogP contribution in [0.2, 0.25) is 0 Å². The quantitative estimate of drug-likeness (QED) is 0.800. The van der Waals surface area contributed by atoms with Crippen LogP contribution in [0.3, 0.4) is 0 Å². The van der Waals surface area contributed by atoms with Crippen molar-refractivity contribution in [1.29, 1.82) is 0 Å². The van der Waals surface area contributed by atoms with Crippen molar-refractivity contribution in [3.05, 3.63) is 29.3 Å². The van der Waals surface area contributed by atoms with Gasteiger partial charge in [0.05, 0.1) is 13.2 Å². The van der Waals surface area contributed by atoms with E-state index in [1.807, 2.05) is 6.07 Å². The molecule has 1 saturated heterocycles. The van der Waals surface area contributed by atoms with E-state index in [1.54, 1.807) is 7.11 Å². The van der Waals surface area contributed by atoms with E-state index in [0.717, 1.165) is 37.0 Å². The van der Waals surface area contributed by atoms with E-state index < -0.39 is 17.7 Å². The van der Waals surface area contributed by atoms with Crippen LogP contribution in [0.25, 0.3) is 0 Å². The van der Waals surface area contributed by atoms with Crippen LogP contribution in [0.5, 0.6) is 5.75 Å². The lowest BCUT2D eigenvalue weighted by Crippen LogP contribution is -2.57. The van der Waals surface area contributed by atoms with Crippen LogP contribution >= 0.6 is 0 Å². The van der Waals surface area contributed by atoms with Gasteiger partial charge in [-0.2, -0.15) is 0 Å². The average molecular weight is 370 g/mol. The summed E-state index contributed by atoms with van der Waals surface area (Å²) in [6.45, 7) is 2.24. The predicted octanol–water partition coefficient (Wildman–Crippen LogP) is 2.88. The summed E-state index contributed by atoms with van der Waals surface area (Å²) in [5, 5.41) is 20.8. The lowest BCUT2D eigenvalue weighted by atomic mass is 9.50. The van der Waals surface area contributed by atoms with Gasteiger partial charge in [0.1, 0.15) is 17.0 Å². The number of fused-ring (bicyclic) bond motifs is 1. The van der Waals surface area contributed by atoms with Gasteiger partial charge in [-0.15, -0.1) is 0 Å². The molecular weight excluding hydrogens is 344 g/mol. The zero-order valence-electron chi connectivity index (χ0n) is 15.8. The Morgan fingerprint density at radius 1 is 1.37 bits per heavy atom. The molecule has 3 saturated carbocycles. The highest BCUT2D eigenvalue weighted by Crippen LogP contribution is 2.91. The Morgan fingerprint density at radius 2 is 2.19 bits per heavy atom. The summed E-state index contributed by atoms with van der Waals surface area (Å²) in [6, 6.07) is 6.13. The first-order valence-corrected chi connectivity index (χ1v) is 10.1. The number of hydrogen-bond donors (Lipinski definition) is 2. The Hall–Kier alpha value is -1.59. The highest BCUT2D eigenvalue weighted by Gasteiger charge is 2.95. The molecule has 0 unspecified atom stereocenters. The molecule has 0 amide bonds. The van der Waals surface area contributed by atoms with Gasteiger partial charge < -0.3 is 19.7 Å². The normalized spacial score (nSPS) is 50.6. The number of carboxylic acid groups (broad SMARTS) is 1. The summed E-state index contributed by atoms with van der Waals surface area (Å²) in [5.41, 5.74) is 1.33. The van der Waals surface area contributed by atoms with Gasteiger partial charge in [0.2, 0.25) is 0 Å². The zero-order valence-corrected chi connectivity index (χ0v) is 15.8. The summed E-state index contributed by atoms with van der Waals surface area (Å²) in [6.07, 6.45) is 4.18. The fourth-order valence-electron chi connectivity index (χ4n) is 8.15. The van der Waals surface area contributed by atoms with Crippen molar-refractivity contribution < 1.29 is 24.5 Å². The molecule has 4 fully saturated rings. The summed E-state index contributed by atoms with van der Waals surface area (Å²) in [7, 11) is 1.68. The molecule has 1 aliphatic heterocycles. The Morgan fingerprint density at radius 3 is 2.93 bits per heavy atom. The molecule has 4 aliphatic carbocycles. The molecule has 0 aromatic heterocycles. The maximum atomic E-state index is 11.5. The molecule has 144 valence electrons. The minimum absolute atomic E-state index is 0.0387. The molecule has 1 heterocycles. The highest BCUT2D eigenvalue weighted by molar-refractivity contribution is 5.67. The number of aliphatic hydroxyl groups is 1. The molecule has 1 aromatic carbocycles. The Balaban J connectivity index is 1.48. The SMILES string of the molecule is COc1ccc2c(c1)CC[C@@]13O[C@@]21[C@H](O)C[C@]1(C)[C@H](CC(=O)O)C[C@@H]2C[C@]231. The third-order valence-corrected chi connectivity index (χ3v) is 9.18. The first-order chi connectivity index (χ1) is 12.8. The van der Waals surface area contributed by atoms with Crippen LogP contribution in [0.1, 0.15) is 50.2 Å². The lowest BCUT2D eigenvalue weighted by Gasteiger charge is -2.51. The van der Waals surface area contributed by atoms with Gasteiger partial charge >= 0.3 is 5.97 Å². The van der Waals surface area contributed by atoms with Crippen LogP contribution < -0.4 is 4.74 Å². The van der Waals surface area contributed by atoms with Crippen molar-refractivity contribution in [2.45, 2.75) is 62.8 Å². The van der Waals surface area contributed by atoms with E-state index in [1.165, 1.54) is 5.56 Å². The molecule has 5 heteroatoms. The maximum Gasteiger partial charge on any atom is 0.303 e. The van der Waals surface area contributed by atoms with Crippen molar-refractivity contribution in [2.24, 2.45) is 22.7 Å². The zero-order chi connectivity index (χ0) is 18.8. The molecule has 1 aromatic rings. The molecule has 2 N–H and O–H groups in total. The monoisotopic (exact) mass is 370 g/mol. The average Bonchev–Trinajstić information content (AvgIpc) is 3.50. The second-order valence-electron chi connectivity index (χ2n) is 9.73. The van der Waals surface area contributed by atoms with Crippen molar-refractivity contribution in [2.75, 3.05) is 7.11 Å². The largest absolute Gasteiger partial charge is 0.497 e. The van der Waals surface area contributed by atoms with Crippen LogP contribution in [0.15, 0.2) is 18.2 Å². The molecule has 0 bridgehead atoms. The topological polar surface area (TPSA) is 79.3 Å². The highest BCUT2D eigenvalue weighted by atomic mass is 16.6. The minimum Gasteiger partial charge on any atom is -0.497 e. The van der Waals surface area contributed by atoms with Crippen molar-refractivity contribution in [3.63, 3.8) is 0 Å². The van der Waals surface area contributed by atoms with Gasteiger partial charge in [-0.1, -0.05) is 13.0 Å². The number of aliphatic hydroxyl groups excluding tert-OH is 1. The standard InChI is InChI=1S/C22H26O5/c1-19-11-17(23)22-16-4-3-15(26-2)7-12(16)5-6-21(22,27-22)20(19)10-14(20)8-13(19)9-18(24)25/h3-4,7,13-14,17,23H,5-6,8-11H2,1-2H3,(H,24,25)/t13-,14+,17+,19+,20+,21-,22+/m0/s1. The molecular formula is C22H26O5. The van der Waals surface area contributed by atoms with Crippen molar-refractivity contribution in [1.82, 2.24) is 0 Å². The van der Waals surface area contributed by atoms with Crippen molar-refractivity contribution >= 4 is 5.97 Å². The lowest BCUT2D eigenvalue weighted by molar-refractivity contribution is -0.141. The summed E-state index contributed by atoms with van der Waals surface area (Å²) < 4.78 is 12.1. The minimum atomic E-state index is -0.723. The summed E-state index contributed by atoms with van der Waals surface area (Å²) in [4.78, 5) is 11.5. The second kappa shape index (κ2) is 4.52. The smallest absolute Gasteiger partial charge is 0.303 e. The van der Waals surface area contributed by atoms with E-state index in [2.05, 4.69) is 19.1 Å². The van der Waals surface area contributed by atoms with Crippen LogP contribution in [0.4, 0.5) is 0 Å². The van der Waals surface area contributed by atoms with Gasteiger partial charge in [-0.25, -0.2) is 0 Å². The Bertz CT molecular complexity index is 881. The number of rotatable bonds is 3. The van der Waals surface area contributed by atoms with Gasteiger partial charge in [0.25, 0.3) is 0 Å². The number of aryl methyl sites for hydroxylation is 1. The fraction of sp³-hybridized carbons (Fsp3) is 0.682. The molecule has 0 radical (unpaired) electrons. The number of aliphatic carboxylic acids is 1. The van der Waals surface area contributed by atoms with E-state index in [4.69, 9.17) is 9.47 Å². The number of carboxylic acids is 1. The van der Waals surface area contributed by atoms with E-state index in [0.29, 0.717) is 12.3 Å². The number of methoxy groups -OCH3 is 1. The predicted molar refractivity (Wildman–Crippen MR) is 96.4 cm³/mol. The number of ether oxygens (including phenoxy) is 2. The Kier molecular flexibility index (Phi) is 2.74. The van der Waals surface area contributed by atoms with Crippen LogP contribution in [-0.2, 0) is 21.6 Å². The summed E-state index contributed by atoms with van der Waals surface area (Å²) in [5.74, 6) is 0.802. The molecule has 7 atom stereocenters. The van der Waals surface area contributed by atoms with E-state index >= 15 is 0 Å². The molecule has 1 spiro atoms. The fourth-order valence-corrected chi connectivity index (χ4v) is 8.15. The number of benzene rings is 1. The van der Waals surface area contributed by atoms with Gasteiger partial charge in [-0.3, -0.25) is 4.79 Å².